The van der Waals surface area contributed by atoms with Gasteiger partial charge in [0.1, 0.15) is 23.7 Å². The molecule has 1 atom stereocenters. The Labute approximate surface area is 184 Å². The molecule has 2 aromatic heterocycles. The molecule has 0 unspecified atom stereocenters. The predicted octanol–water partition coefficient (Wildman–Crippen LogP) is 4.27. The number of H-pyrrole nitrogens is 1. The number of benzene rings is 2. The summed E-state index contributed by atoms with van der Waals surface area (Å²) in [5.41, 5.74) is 2.73. The fraction of sp³-hybridized carbons (Fsp3) is 0.250. The fourth-order valence-corrected chi connectivity index (χ4v) is 4.28. The van der Waals surface area contributed by atoms with E-state index in [1.165, 1.54) is 12.1 Å². The van der Waals surface area contributed by atoms with Crippen LogP contribution in [0.15, 0.2) is 61.1 Å². The number of anilines is 1. The number of nitrogens with zero attached hydrogens (tertiary/aromatic N) is 4. The van der Waals surface area contributed by atoms with Crippen molar-refractivity contribution < 1.29 is 9.18 Å². The molecule has 4 aromatic rings. The maximum absolute atomic E-state index is 13.5. The molecule has 1 aliphatic rings. The Morgan fingerprint density at radius 2 is 1.97 bits per heavy atom. The summed E-state index contributed by atoms with van der Waals surface area (Å²) in [6.45, 7) is 1.27. The number of amides is 1. The summed E-state index contributed by atoms with van der Waals surface area (Å²) in [7, 11) is 0. The van der Waals surface area contributed by atoms with Crippen LogP contribution in [-0.4, -0.2) is 50.1 Å². The van der Waals surface area contributed by atoms with Gasteiger partial charge in [-0.05, 0) is 49.1 Å². The van der Waals surface area contributed by atoms with E-state index >= 15 is 0 Å². The van der Waals surface area contributed by atoms with Crippen LogP contribution in [-0.2, 0) is 0 Å². The number of likely N-dealkylation sites (tertiary alicyclic amines) is 1. The van der Waals surface area contributed by atoms with Gasteiger partial charge < -0.3 is 10.2 Å². The van der Waals surface area contributed by atoms with Crippen molar-refractivity contribution in [1.82, 2.24) is 25.1 Å². The average Bonchev–Trinajstić information content (AvgIpc) is 3.33. The van der Waals surface area contributed by atoms with Crippen LogP contribution in [0.25, 0.3) is 22.0 Å². The van der Waals surface area contributed by atoms with Gasteiger partial charge in [0.2, 0.25) is 0 Å². The van der Waals surface area contributed by atoms with Gasteiger partial charge in [0.15, 0.2) is 0 Å². The maximum atomic E-state index is 13.5. The summed E-state index contributed by atoms with van der Waals surface area (Å²) in [6, 6.07) is 14.0. The van der Waals surface area contributed by atoms with Crippen molar-refractivity contribution in [3.05, 3.63) is 72.6 Å². The molecule has 1 aliphatic heterocycles. The van der Waals surface area contributed by atoms with Crippen molar-refractivity contribution in [2.24, 2.45) is 0 Å². The number of carbonyl (C=O) groups is 1. The van der Waals surface area contributed by atoms with Gasteiger partial charge in [0.25, 0.3) is 5.91 Å². The normalized spacial score (nSPS) is 16.3. The minimum absolute atomic E-state index is 0.0225. The Hall–Kier alpha value is -3.81. The first-order chi connectivity index (χ1) is 15.7. The molecule has 2 aromatic carbocycles. The molecule has 0 bridgehead atoms. The molecule has 32 heavy (non-hydrogen) atoms. The first-order valence-corrected chi connectivity index (χ1v) is 10.7. The second-order valence-electron chi connectivity index (χ2n) is 7.93. The van der Waals surface area contributed by atoms with Crippen molar-refractivity contribution >= 4 is 22.6 Å². The molecule has 2 N–H and O–H groups in total. The van der Waals surface area contributed by atoms with Crippen LogP contribution in [0.4, 0.5) is 10.2 Å². The average molecular weight is 430 g/mol. The van der Waals surface area contributed by atoms with E-state index in [4.69, 9.17) is 0 Å². The topological polar surface area (TPSA) is 86.8 Å². The van der Waals surface area contributed by atoms with Crippen molar-refractivity contribution in [3.63, 3.8) is 0 Å². The van der Waals surface area contributed by atoms with E-state index in [0.717, 1.165) is 41.5 Å². The minimum Gasteiger partial charge on any atom is -0.367 e. The second-order valence-corrected chi connectivity index (χ2v) is 7.93. The number of nitrogens with one attached hydrogen (secondary N) is 2. The maximum Gasteiger partial charge on any atom is 0.272 e. The zero-order chi connectivity index (χ0) is 21.9. The monoisotopic (exact) mass is 430 g/mol. The largest absolute Gasteiger partial charge is 0.367 e. The summed E-state index contributed by atoms with van der Waals surface area (Å²) in [6.07, 6.45) is 6.09. The van der Waals surface area contributed by atoms with Crippen LogP contribution in [0.1, 0.15) is 29.8 Å². The lowest BCUT2D eigenvalue weighted by Gasteiger charge is -2.36. The third kappa shape index (κ3) is 3.91. The van der Waals surface area contributed by atoms with Gasteiger partial charge in [-0.3, -0.25) is 9.89 Å². The lowest BCUT2D eigenvalue weighted by atomic mass is 10.00. The summed E-state index contributed by atoms with van der Waals surface area (Å²) in [5, 5.41) is 11.3. The molecule has 0 radical (unpaired) electrons. The summed E-state index contributed by atoms with van der Waals surface area (Å²) in [5.74, 6) is 0.354. The summed E-state index contributed by atoms with van der Waals surface area (Å²) in [4.78, 5) is 24.1. The Morgan fingerprint density at radius 3 is 2.84 bits per heavy atom. The molecule has 162 valence electrons. The molecule has 1 saturated heterocycles. The van der Waals surface area contributed by atoms with Crippen LogP contribution in [0.5, 0.6) is 0 Å². The highest BCUT2D eigenvalue weighted by molar-refractivity contribution is 5.99. The van der Waals surface area contributed by atoms with Crippen LogP contribution >= 0.6 is 0 Å². The number of fused-ring (bicyclic) bond motifs is 1. The van der Waals surface area contributed by atoms with Crippen molar-refractivity contribution in [2.45, 2.75) is 25.3 Å². The van der Waals surface area contributed by atoms with Crippen molar-refractivity contribution in [3.8, 4) is 11.1 Å². The number of carbonyl (C=O) groups excluding carboxylic acids is 1. The van der Waals surface area contributed by atoms with E-state index in [1.54, 1.807) is 24.7 Å². The van der Waals surface area contributed by atoms with E-state index < -0.39 is 0 Å². The van der Waals surface area contributed by atoms with E-state index in [0.29, 0.717) is 24.3 Å². The van der Waals surface area contributed by atoms with Gasteiger partial charge in [-0.2, -0.15) is 5.10 Å². The van der Waals surface area contributed by atoms with Gasteiger partial charge in [0, 0.05) is 30.1 Å². The number of aromatic amines is 1. The van der Waals surface area contributed by atoms with E-state index in [-0.39, 0.29) is 17.8 Å². The zero-order valence-corrected chi connectivity index (χ0v) is 17.5. The van der Waals surface area contributed by atoms with Gasteiger partial charge in [-0.1, -0.05) is 24.3 Å². The van der Waals surface area contributed by atoms with Crippen molar-refractivity contribution in [1.29, 1.82) is 0 Å². The zero-order valence-electron chi connectivity index (χ0n) is 17.5. The molecule has 7 nitrogen and oxygen atoms in total. The Balaban J connectivity index is 1.36. The number of para-hydroxylation sites is 1. The summed E-state index contributed by atoms with van der Waals surface area (Å²) < 4.78 is 13.3. The first-order valence-electron chi connectivity index (χ1n) is 10.7. The smallest absolute Gasteiger partial charge is 0.272 e. The quantitative estimate of drug-likeness (QED) is 0.494. The number of rotatable bonds is 5. The molecule has 3 heterocycles. The molecule has 1 fully saturated rings. The number of halogens is 1. The van der Waals surface area contributed by atoms with Gasteiger partial charge in [-0.15, -0.1) is 0 Å². The molecule has 0 saturated carbocycles. The highest BCUT2D eigenvalue weighted by atomic mass is 19.1. The van der Waals surface area contributed by atoms with E-state index in [2.05, 4.69) is 25.5 Å². The van der Waals surface area contributed by atoms with Crippen LogP contribution in [0.3, 0.4) is 0 Å². The van der Waals surface area contributed by atoms with Gasteiger partial charge in [0.05, 0.1) is 11.7 Å². The molecule has 0 spiro atoms. The van der Waals surface area contributed by atoms with Crippen molar-refractivity contribution in [2.75, 3.05) is 18.4 Å². The van der Waals surface area contributed by atoms with Crippen LogP contribution < -0.4 is 5.32 Å². The Kier molecular flexibility index (Phi) is 5.49. The third-order valence-corrected chi connectivity index (χ3v) is 5.94. The lowest BCUT2D eigenvalue weighted by Crippen LogP contribution is -2.47. The van der Waals surface area contributed by atoms with E-state index in [1.807, 2.05) is 29.2 Å². The Bertz CT molecular complexity index is 1230. The number of hydrogen-bond donors (Lipinski definition) is 2. The highest BCUT2D eigenvalue weighted by Gasteiger charge is 2.30. The van der Waals surface area contributed by atoms with Crippen LogP contribution in [0.2, 0.25) is 0 Å². The number of piperidine rings is 1. The molecule has 5 rings (SSSR count). The molecule has 1 amide bonds. The molecule has 8 heteroatoms. The first kappa shape index (κ1) is 20.1. The van der Waals surface area contributed by atoms with E-state index in [9.17, 15) is 9.18 Å². The summed E-state index contributed by atoms with van der Waals surface area (Å²) >= 11 is 0. The van der Waals surface area contributed by atoms with Crippen LogP contribution in [0, 0.1) is 5.82 Å². The molecular weight excluding hydrogens is 407 g/mol. The second kappa shape index (κ2) is 8.74. The number of hydrogen-bond acceptors (Lipinski definition) is 5. The van der Waals surface area contributed by atoms with Gasteiger partial charge >= 0.3 is 0 Å². The highest BCUT2D eigenvalue weighted by Crippen LogP contribution is 2.27. The standard InChI is InChI=1S/C24H23FN6O/c25-17-10-8-16(9-11-17)20-14-29-30-22(20)24(32)31-12-4-3-5-18(31)13-26-23-19-6-1-2-7-21(19)27-15-28-23/h1-2,6-11,14-15,18H,3-5,12-13H2,(H,29,30)(H,26,27,28)/t18-/m0/s1. The molecular formula is C24H23FN6O. The third-order valence-electron chi connectivity index (χ3n) is 5.94. The minimum atomic E-state index is -0.315. The van der Waals surface area contributed by atoms with Gasteiger partial charge in [-0.25, -0.2) is 14.4 Å². The predicted molar refractivity (Wildman–Crippen MR) is 121 cm³/mol. The Morgan fingerprint density at radius 1 is 1.12 bits per heavy atom. The lowest BCUT2D eigenvalue weighted by molar-refractivity contribution is 0.0623. The molecule has 0 aliphatic carbocycles. The fourth-order valence-electron chi connectivity index (χ4n) is 4.28. The SMILES string of the molecule is O=C(c1[nH]ncc1-c1ccc(F)cc1)N1CCCC[C@H]1CNc1ncnc2ccccc12. The number of aromatic nitrogens is 4.